The maximum Gasteiger partial charge on any atom is 0.416 e. The van der Waals surface area contributed by atoms with Gasteiger partial charge in [0, 0.05) is 31.7 Å². The summed E-state index contributed by atoms with van der Waals surface area (Å²) in [5, 5.41) is 3.47. The molecule has 3 rings (SSSR count). The van der Waals surface area contributed by atoms with Crippen LogP contribution < -0.4 is 5.32 Å². The molecule has 0 radical (unpaired) electrons. The highest BCUT2D eigenvalue weighted by molar-refractivity contribution is 5.25. The van der Waals surface area contributed by atoms with E-state index in [4.69, 9.17) is 0 Å². The van der Waals surface area contributed by atoms with Crippen LogP contribution in [-0.4, -0.2) is 30.1 Å². The Labute approximate surface area is 123 Å². The topological polar surface area (TPSA) is 15.3 Å². The van der Waals surface area contributed by atoms with Crippen molar-refractivity contribution in [2.45, 2.75) is 43.9 Å². The first kappa shape index (κ1) is 14.9. The number of piperazine rings is 1. The van der Waals surface area contributed by atoms with E-state index in [1.54, 1.807) is 12.1 Å². The van der Waals surface area contributed by atoms with Gasteiger partial charge in [-0.3, -0.25) is 4.90 Å². The highest BCUT2D eigenvalue weighted by atomic mass is 19.4. The zero-order valence-corrected chi connectivity index (χ0v) is 12.0. The van der Waals surface area contributed by atoms with E-state index in [1.165, 1.54) is 37.8 Å². The van der Waals surface area contributed by atoms with Gasteiger partial charge in [0.2, 0.25) is 0 Å². The molecule has 5 heteroatoms. The summed E-state index contributed by atoms with van der Waals surface area (Å²) in [7, 11) is 0. The van der Waals surface area contributed by atoms with E-state index in [2.05, 4.69) is 10.2 Å². The van der Waals surface area contributed by atoms with Gasteiger partial charge in [0.1, 0.15) is 0 Å². The maximum absolute atomic E-state index is 12.6. The van der Waals surface area contributed by atoms with Crippen LogP contribution in [0.25, 0.3) is 0 Å². The Bertz CT molecular complexity index is 475. The van der Waals surface area contributed by atoms with Crippen molar-refractivity contribution in [2.24, 2.45) is 0 Å². The number of hydrogen-bond acceptors (Lipinski definition) is 2. The minimum atomic E-state index is -4.25. The van der Waals surface area contributed by atoms with Gasteiger partial charge in [-0.15, -0.1) is 0 Å². The van der Waals surface area contributed by atoms with Gasteiger partial charge in [-0.2, -0.15) is 13.2 Å². The smallest absolute Gasteiger partial charge is 0.314 e. The molecule has 2 nitrogen and oxygen atoms in total. The summed E-state index contributed by atoms with van der Waals surface area (Å²) >= 11 is 0. The monoisotopic (exact) mass is 298 g/mol. The molecule has 0 unspecified atom stereocenters. The number of hydrogen-bond donors (Lipinski definition) is 1. The first-order chi connectivity index (χ1) is 10.00. The third kappa shape index (κ3) is 3.09. The van der Waals surface area contributed by atoms with Crippen molar-refractivity contribution in [1.82, 2.24) is 10.2 Å². The summed E-state index contributed by atoms with van der Waals surface area (Å²) < 4.78 is 37.8. The zero-order chi connectivity index (χ0) is 14.9. The van der Waals surface area contributed by atoms with E-state index in [0.717, 1.165) is 31.7 Å². The molecule has 21 heavy (non-hydrogen) atoms. The summed E-state index contributed by atoms with van der Waals surface area (Å²) in [5.41, 5.74) is 0.624. The van der Waals surface area contributed by atoms with Crippen molar-refractivity contribution in [3.63, 3.8) is 0 Å². The third-order valence-corrected chi connectivity index (χ3v) is 4.87. The molecular weight excluding hydrogens is 277 g/mol. The summed E-state index contributed by atoms with van der Waals surface area (Å²) in [6.45, 7) is 3.69. The van der Waals surface area contributed by atoms with Gasteiger partial charge < -0.3 is 5.32 Å². The quantitative estimate of drug-likeness (QED) is 0.900. The molecule has 116 valence electrons. The third-order valence-electron chi connectivity index (χ3n) is 4.87. The van der Waals surface area contributed by atoms with Crippen LogP contribution in [0, 0.1) is 0 Å². The van der Waals surface area contributed by atoms with Crippen molar-refractivity contribution >= 4 is 0 Å². The maximum atomic E-state index is 12.6. The van der Waals surface area contributed by atoms with Crippen molar-refractivity contribution in [1.29, 1.82) is 0 Å². The molecule has 0 atom stereocenters. The van der Waals surface area contributed by atoms with Crippen LogP contribution in [0.5, 0.6) is 0 Å². The van der Waals surface area contributed by atoms with Crippen molar-refractivity contribution < 1.29 is 13.2 Å². The normalized spacial score (nSPS) is 22.8. The highest BCUT2D eigenvalue weighted by Gasteiger charge is 2.40. The lowest BCUT2D eigenvalue weighted by molar-refractivity contribution is -0.137. The lowest BCUT2D eigenvalue weighted by Gasteiger charge is -2.45. The number of nitrogens with one attached hydrogen (secondary N) is 1. The first-order valence-corrected chi connectivity index (χ1v) is 7.62. The molecule has 0 aromatic heterocycles. The Kier molecular flexibility index (Phi) is 3.97. The summed E-state index contributed by atoms with van der Waals surface area (Å²) in [5.74, 6) is 0. The molecule has 2 aliphatic rings. The van der Waals surface area contributed by atoms with Gasteiger partial charge in [-0.05, 0) is 30.5 Å². The molecule has 1 spiro atoms. The van der Waals surface area contributed by atoms with Crippen LogP contribution in [0.1, 0.15) is 36.8 Å². The molecule has 1 N–H and O–H groups in total. The van der Waals surface area contributed by atoms with Gasteiger partial charge in [0.15, 0.2) is 0 Å². The SMILES string of the molecule is FC(F)(F)c1ccc(CN2CCNCC23CCCC3)cc1. The standard InChI is InChI=1S/C16H21F3N2/c17-16(18,19)14-5-3-13(4-6-14)11-21-10-9-20-12-15(21)7-1-2-8-15/h3-6,20H,1-2,7-12H2. The molecule has 1 aromatic rings. The summed E-state index contributed by atoms with van der Waals surface area (Å²) in [4.78, 5) is 2.47. The average Bonchev–Trinajstić information content (AvgIpc) is 2.91. The van der Waals surface area contributed by atoms with E-state index < -0.39 is 11.7 Å². The predicted molar refractivity (Wildman–Crippen MR) is 75.9 cm³/mol. The van der Waals surface area contributed by atoms with Crippen molar-refractivity contribution in [3.8, 4) is 0 Å². The fraction of sp³-hybridized carbons (Fsp3) is 0.625. The van der Waals surface area contributed by atoms with Crippen LogP contribution in [0.15, 0.2) is 24.3 Å². The molecular formula is C16H21F3N2. The van der Waals surface area contributed by atoms with Crippen molar-refractivity contribution in [3.05, 3.63) is 35.4 Å². The van der Waals surface area contributed by atoms with E-state index >= 15 is 0 Å². The number of alkyl halides is 3. The second-order valence-electron chi connectivity index (χ2n) is 6.22. The van der Waals surface area contributed by atoms with E-state index in [-0.39, 0.29) is 5.54 Å². The van der Waals surface area contributed by atoms with Crippen molar-refractivity contribution in [2.75, 3.05) is 19.6 Å². The Morgan fingerprint density at radius 1 is 1.10 bits per heavy atom. The van der Waals surface area contributed by atoms with Crippen LogP contribution >= 0.6 is 0 Å². The Balaban J connectivity index is 1.73. The number of halogens is 3. The predicted octanol–water partition coefficient (Wildman–Crippen LogP) is 3.42. The Hall–Kier alpha value is -1.07. The van der Waals surface area contributed by atoms with Gasteiger partial charge in [-0.1, -0.05) is 25.0 Å². The molecule has 1 aromatic carbocycles. The zero-order valence-electron chi connectivity index (χ0n) is 12.0. The first-order valence-electron chi connectivity index (χ1n) is 7.62. The number of nitrogens with zero attached hydrogens (tertiary/aromatic N) is 1. The molecule has 1 aliphatic carbocycles. The Morgan fingerprint density at radius 2 is 1.76 bits per heavy atom. The van der Waals surface area contributed by atoms with E-state index in [0.29, 0.717) is 0 Å². The average molecular weight is 298 g/mol. The Morgan fingerprint density at radius 3 is 2.38 bits per heavy atom. The summed E-state index contributed by atoms with van der Waals surface area (Å²) in [6, 6.07) is 5.62. The lowest BCUT2D eigenvalue weighted by atomic mass is 9.92. The van der Waals surface area contributed by atoms with Crippen LogP contribution in [0.4, 0.5) is 13.2 Å². The van der Waals surface area contributed by atoms with Gasteiger partial charge in [-0.25, -0.2) is 0 Å². The van der Waals surface area contributed by atoms with E-state index in [1.807, 2.05) is 0 Å². The highest BCUT2D eigenvalue weighted by Crippen LogP contribution is 2.37. The van der Waals surface area contributed by atoms with Gasteiger partial charge >= 0.3 is 6.18 Å². The fourth-order valence-corrected chi connectivity index (χ4v) is 3.68. The molecule has 1 heterocycles. The van der Waals surface area contributed by atoms with Crippen LogP contribution in [0.2, 0.25) is 0 Å². The second-order valence-corrected chi connectivity index (χ2v) is 6.22. The summed E-state index contributed by atoms with van der Waals surface area (Å²) in [6.07, 6.45) is 0.651. The van der Waals surface area contributed by atoms with Crippen LogP contribution in [0.3, 0.4) is 0 Å². The number of rotatable bonds is 2. The minimum absolute atomic E-state index is 0.223. The second kappa shape index (κ2) is 5.61. The number of benzene rings is 1. The lowest BCUT2D eigenvalue weighted by Crippen LogP contribution is -2.59. The van der Waals surface area contributed by atoms with Gasteiger partial charge in [0.05, 0.1) is 5.56 Å². The largest absolute Gasteiger partial charge is 0.416 e. The molecule has 0 bridgehead atoms. The van der Waals surface area contributed by atoms with E-state index in [9.17, 15) is 13.2 Å². The molecule has 1 saturated carbocycles. The molecule has 0 amide bonds. The molecule has 1 aliphatic heterocycles. The minimum Gasteiger partial charge on any atom is -0.314 e. The van der Waals surface area contributed by atoms with Gasteiger partial charge in [0.25, 0.3) is 0 Å². The fourth-order valence-electron chi connectivity index (χ4n) is 3.68. The molecule has 2 fully saturated rings. The van der Waals surface area contributed by atoms with Crippen LogP contribution in [-0.2, 0) is 12.7 Å². The molecule has 1 saturated heterocycles.